The van der Waals surface area contributed by atoms with Crippen LogP contribution in [-0.2, 0) is 14.3 Å². The average Bonchev–Trinajstić information content (AvgIpc) is 2.55. The molecule has 25 heavy (non-hydrogen) atoms. The molecule has 142 valence electrons. The van der Waals surface area contributed by atoms with E-state index in [9.17, 15) is 9.59 Å². The van der Waals surface area contributed by atoms with Gasteiger partial charge in [0, 0.05) is 12.8 Å². The Hall–Kier alpha value is -1.88. The van der Waals surface area contributed by atoms with Gasteiger partial charge < -0.3 is 14.9 Å². The first-order valence-electron chi connectivity index (χ1n) is 8.97. The van der Waals surface area contributed by atoms with E-state index in [2.05, 4.69) is 38.1 Å². The minimum absolute atomic E-state index is 0.0774. The average molecular weight is 352 g/mol. The quantitative estimate of drug-likeness (QED) is 0.464. The summed E-state index contributed by atoms with van der Waals surface area (Å²) in [4.78, 5) is 21.2. The highest BCUT2D eigenvalue weighted by molar-refractivity contribution is 5.69. The number of carbonyl (C=O) groups excluding carboxylic acids is 1. The van der Waals surface area contributed by atoms with Crippen LogP contribution in [0.3, 0.4) is 0 Å². The third-order valence-electron chi connectivity index (χ3n) is 3.55. The Morgan fingerprint density at radius 1 is 0.920 bits per heavy atom. The standard InChI is InChI=1S/C12H22O5.C8H10/c13-9-10-17-12(16)8-6-4-2-1-3-5-7-11(14)15;1-7-4-3-5-8(2)6-7/h13H,1-10H2,(H,14,15);3-6H,1-2H3. The fourth-order valence-corrected chi connectivity index (χ4v) is 2.29. The lowest BCUT2D eigenvalue weighted by Crippen LogP contribution is -2.07. The largest absolute Gasteiger partial charge is 0.481 e. The predicted molar refractivity (Wildman–Crippen MR) is 98.5 cm³/mol. The Balaban J connectivity index is 0.000000593. The predicted octanol–water partition coefficient (Wildman–Crippen LogP) is 4.03. The number of rotatable bonds is 11. The minimum Gasteiger partial charge on any atom is -0.481 e. The topological polar surface area (TPSA) is 83.8 Å². The lowest BCUT2D eigenvalue weighted by atomic mass is 10.1. The molecule has 5 heteroatoms. The summed E-state index contributed by atoms with van der Waals surface area (Å²) in [6, 6.07) is 8.45. The van der Waals surface area contributed by atoms with E-state index in [4.69, 9.17) is 14.9 Å². The lowest BCUT2D eigenvalue weighted by Gasteiger charge is -2.02. The summed E-state index contributed by atoms with van der Waals surface area (Å²) >= 11 is 0. The van der Waals surface area contributed by atoms with Crippen LogP contribution in [0.15, 0.2) is 24.3 Å². The van der Waals surface area contributed by atoms with Crippen molar-refractivity contribution in [1.82, 2.24) is 0 Å². The molecule has 0 aromatic heterocycles. The molecule has 0 atom stereocenters. The number of carboxylic acids is 1. The molecule has 0 aliphatic rings. The maximum atomic E-state index is 11.0. The highest BCUT2D eigenvalue weighted by atomic mass is 16.5. The number of carboxylic acid groups (broad SMARTS) is 1. The number of aliphatic hydroxyl groups is 1. The maximum Gasteiger partial charge on any atom is 0.305 e. The smallest absolute Gasteiger partial charge is 0.305 e. The first-order valence-corrected chi connectivity index (χ1v) is 8.97. The molecule has 0 amide bonds. The number of unbranched alkanes of at least 4 members (excludes halogenated alkanes) is 5. The number of carbonyl (C=O) groups is 2. The summed E-state index contributed by atoms with van der Waals surface area (Å²) in [7, 11) is 0. The van der Waals surface area contributed by atoms with Crippen molar-refractivity contribution >= 4 is 11.9 Å². The van der Waals surface area contributed by atoms with Crippen LogP contribution in [0.1, 0.15) is 62.5 Å². The Bertz CT molecular complexity index is 467. The van der Waals surface area contributed by atoms with Crippen LogP contribution in [0.4, 0.5) is 0 Å². The zero-order valence-corrected chi connectivity index (χ0v) is 15.5. The molecule has 1 aromatic carbocycles. The first-order chi connectivity index (χ1) is 12.0. The van der Waals surface area contributed by atoms with Gasteiger partial charge in [-0.15, -0.1) is 0 Å². The summed E-state index contributed by atoms with van der Waals surface area (Å²) in [6.07, 6.45) is 6.09. The number of esters is 1. The number of aliphatic carboxylic acids is 1. The zero-order valence-electron chi connectivity index (χ0n) is 15.5. The van der Waals surface area contributed by atoms with Gasteiger partial charge in [0.05, 0.1) is 6.61 Å². The summed E-state index contributed by atoms with van der Waals surface area (Å²) < 4.78 is 4.71. The van der Waals surface area contributed by atoms with Crippen LogP contribution in [-0.4, -0.2) is 35.4 Å². The molecule has 0 aliphatic heterocycles. The number of ether oxygens (including phenoxy) is 1. The van der Waals surface area contributed by atoms with Crippen molar-refractivity contribution in [2.45, 2.75) is 65.2 Å². The van der Waals surface area contributed by atoms with E-state index >= 15 is 0 Å². The molecule has 0 bridgehead atoms. The molecule has 0 unspecified atom stereocenters. The van der Waals surface area contributed by atoms with Gasteiger partial charge in [-0.2, -0.15) is 0 Å². The normalized spacial score (nSPS) is 9.88. The zero-order chi connectivity index (χ0) is 18.9. The summed E-state index contributed by atoms with van der Waals surface area (Å²) in [5.41, 5.74) is 2.68. The molecule has 0 saturated heterocycles. The van der Waals surface area contributed by atoms with Crippen LogP contribution in [0.5, 0.6) is 0 Å². The highest BCUT2D eigenvalue weighted by Crippen LogP contribution is 2.09. The molecule has 1 rings (SSSR count). The maximum absolute atomic E-state index is 11.0. The van der Waals surface area contributed by atoms with Gasteiger partial charge in [-0.1, -0.05) is 61.1 Å². The molecule has 2 N–H and O–H groups in total. The number of benzene rings is 1. The molecular weight excluding hydrogens is 320 g/mol. The van der Waals surface area contributed by atoms with E-state index in [-0.39, 0.29) is 25.6 Å². The van der Waals surface area contributed by atoms with E-state index in [0.29, 0.717) is 6.42 Å². The monoisotopic (exact) mass is 352 g/mol. The van der Waals surface area contributed by atoms with Gasteiger partial charge in [0.25, 0.3) is 0 Å². The molecule has 0 fully saturated rings. The minimum atomic E-state index is -0.739. The van der Waals surface area contributed by atoms with E-state index in [1.165, 1.54) is 11.1 Å². The fraction of sp³-hybridized carbons (Fsp3) is 0.600. The Morgan fingerprint density at radius 3 is 1.88 bits per heavy atom. The van der Waals surface area contributed by atoms with Crippen LogP contribution in [0, 0.1) is 13.8 Å². The number of hydrogen-bond acceptors (Lipinski definition) is 4. The molecule has 0 aliphatic carbocycles. The van der Waals surface area contributed by atoms with Crippen LogP contribution in [0.25, 0.3) is 0 Å². The van der Waals surface area contributed by atoms with E-state index in [1.54, 1.807) is 0 Å². The van der Waals surface area contributed by atoms with Crippen molar-refractivity contribution < 1.29 is 24.5 Å². The Morgan fingerprint density at radius 2 is 1.44 bits per heavy atom. The van der Waals surface area contributed by atoms with E-state index < -0.39 is 5.97 Å². The second kappa shape index (κ2) is 15.6. The number of aryl methyl sites for hydroxylation is 2. The van der Waals surface area contributed by atoms with Gasteiger partial charge in [-0.25, -0.2) is 0 Å². The van der Waals surface area contributed by atoms with Crippen LogP contribution >= 0.6 is 0 Å². The number of hydrogen-bond donors (Lipinski definition) is 2. The lowest BCUT2D eigenvalue weighted by molar-refractivity contribution is -0.144. The van der Waals surface area contributed by atoms with E-state index in [1.807, 2.05) is 0 Å². The second-order valence-electron chi connectivity index (χ2n) is 6.12. The molecule has 0 radical (unpaired) electrons. The van der Waals surface area contributed by atoms with Crippen LogP contribution in [0.2, 0.25) is 0 Å². The third kappa shape index (κ3) is 16.8. The van der Waals surface area contributed by atoms with Crippen LogP contribution < -0.4 is 0 Å². The van der Waals surface area contributed by atoms with Crippen molar-refractivity contribution in [3.63, 3.8) is 0 Å². The molecule has 5 nitrogen and oxygen atoms in total. The van der Waals surface area contributed by atoms with Gasteiger partial charge in [-0.3, -0.25) is 9.59 Å². The summed E-state index contributed by atoms with van der Waals surface area (Å²) in [6.45, 7) is 4.16. The molecule has 0 spiro atoms. The first kappa shape index (κ1) is 23.1. The second-order valence-corrected chi connectivity index (χ2v) is 6.12. The fourth-order valence-electron chi connectivity index (χ4n) is 2.29. The molecule has 0 saturated carbocycles. The van der Waals surface area contributed by atoms with Crippen molar-refractivity contribution in [2.24, 2.45) is 0 Å². The van der Waals surface area contributed by atoms with Gasteiger partial charge in [0.2, 0.25) is 0 Å². The summed E-state index contributed by atoms with van der Waals surface area (Å²) in [5, 5.41) is 16.8. The van der Waals surface area contributed by atoms with Crippen molar-refractivity contribution in [3.05, 3.63) is 35.4 Å². The highest BCUT2D eigenvalue weighted by Gasteiger charge is 2.01. The van der Waals surface area contributed by atoms with Gasteiger partial charge in [-0.05, 0) is 26.7 Å². The van der Waals surface area contributed by atoms with Gasteiger partial charge in [0.15, 0.2) is 0 Å². The van der Waals surface area contributed by atoms with E-state index in [0.717, 1.165) is 38.5 Å². The summed E-state index contributed by atoms with van der Waals surface area (Å²) in [5.74, 6) is -0.999. The molecule has 0 heterocycles. The van der Waals surface area contributed by atoms with Gasteiger partial charge in [0.1, 0.15) is 6.61 Å². The Labute approximate surface area is 151 Å². The number of aliphatic hydroxyl groups excluding tert-OH is 1. The van der Waals surface area contributed by atoms with Crippen molar-refractivity contribution in [3.8, 4) is 0 Å². The molecule has 1 aromatic rings. The third-order valence-corrected chi connectivity index (χ3v) is 3.55. The SMILES string of the molecule is Cc1cccc(C)c1.O=C(O)CCCCCCCCC(=O)OCCO. The van der Waals surface area contributed by atoms with Crippen molar-refractivity contribution in [2.75, 3.05) is 13.2 Å². The molecular formula is C20H32O5. The van der Waals surface area contributed by atoms with Gasteiger partial charge >= 0.3 is 11.9 Å². The van der Waals surface area contributed by atoms with Crippen molar-refractivity contribution in [1.29, 1.82) is 0 Å². The Kier molecular flexibility index (Phi) is 14.5.